The van der Waals surface area contributed by atoms with Crippen molar-refractivity contribution in [2.24, 2.45) is 0 Å². The summed E-state index contributed by atoms with van der Waals surface area (Å²) in [5, 5.41) is 0. The van der Waals surface area contributed by atoms with E-state index >= 15 is 0 Å². The first-order chi connectivity index (χ1) is 9.10. The Morgan fingerprint density at radius 2 is 2.16 bits per heavy atom. The average Bonchev–Trinajstić information content (AvgIpc) is 2.77. The number of ether oxygens (including phenoxy) is 2. The van der Waals surface area contributed by atoms with Gasteiger partial charge in [0.15, 0.2) is 0 Å². The molecular formula is C14H15NO4. The van der Waals surface area contributed by atoms with Crippen LogP contribution < -0.4 is 10.5 Å². The molecule has 0 fully saturated rings. The number of hydrogen-bond acceptors (Lipinski definition) is 5. The molecule has 5 nitrogen and oxygen atoms in total. The maximum Gasteiger partial charge on any atom is 0.341 e. The van der Waals surface area contributed by atoms with Gasteiger partial charge < -0.3 is 19.6 Å². The number of rotatable bonds is 4. The molecule has 0 amide bonds. The van der Waals surface area contributed by atoms with E-state index < -0.39 is 5.97 Å². The summed E-state index contributed by atoms with van der Waals surface area (Å²) in [5.41, 5.74) is 6.69. The second-order valence-corrected chi connectivity index (χ2v) is 4.04. The van der Waals surface area contributed by atoms with Gasteiger partial charge in [0.25, 0.3) is 0 Å². The maximum atomic E-state index is 11.4. The maximum absolute atomic E-state index is 11.4. The number of nitrogen functional groups attached to an aromatic ring is 1. The molecule has 19 heavy (non-hydrogen) atoms. The predicted octanol–water partition coefficient (Wildman–Crippen LogP) is 2.54. The van der Waals surface area contributed by atoms with Crippen LogP contribution in [0.3, 0.4) is 0 Å². The summed E-state index contributed by atoms with van der Waals surface area (Å²) in [6.45, 7) is 1.93. The van der Waals surface area contributed by atoms with E-state index in [0.717, 1.165) is 0 Å². The molecule has 0 aliphatic rings. The van der Waals surface area contributed by atoms with E-state index in [4.69, 9.17) is 14.9 Å². The first-order valence-electron chi connectivity index (χ1n) is 5.76. The van der Waals surface area contributed by atoms with Crippen LogP contribution in [0.2, 0.25) is 0 Å². The molecule has 2 N–H and O–H groups in total. The van der Waals surface area contributed by atoms with Crippen molar-refractivity contribution in [3.8, 4) is 5.75 Å². The van der Waals surface area contributed by atoms with Gasteiger partial charge in [-0.15, -0.1) is 0 Å². The summed E-state index contributed by atoms with van der Waals surface area (Å²) in [7, 11) is 1.33. The molecule has 2 rings (SSSR count). The summed E-state index contributed by atoms with van der Waals surface area (Å²) in [5.74, 6) is 1.29. The fourth-order valence-corrected chi connectivity index (χ4v) is 1.69. The van der Waals surface area contributed by atoms with Crippen LogP contribution in [0.1, 0.15) is 21.9 Å². The van der Waals surface area contributed by atoms with Crippen LogP contribution in [0.4, 0.5) is 5.69 Å². The minimum absolute atomic E-state index is 0.223. The van der Waals surface area contributed by atoms with Crippen molar-refractivity contribution in [2.75, 3.05) is 12.8 Å². The Balaban J connectivity index is 2.06. The first-order valence-corrected chi connectivity index (χ1v) is 5.76. The van der Waals surface area contributed by atoms with Crippen LogP contribution in [0.25, 0.3) is 0 Å². The molecule has 1 aromatic carbocycles. The van der Waals surface area contributed by atoms with Crippen LogP contribution in [0.15, 0.2) is 34.7 Å². The second-order valence-electron chi connectivity index (χ2n) is 4.04. The van der Waals surface area contributed by atoms with Gasteiger partial charge in [-0.1, -0.05) is 6.07 Å². The lowest BCUT2D eigenvalue weighted by Crippen LogP contribution is -2.00. The van der Waals surface area contributed by atoms with Crippen molar-refractivity contribution < 1.29 is 18.7 Å². The number of benzene rings is 1. The van der Waals surface area contributed by atoms with Crippen LogP contribution in [-0.2, 0) is 11.3 Å². The number of nitrogens with two attached hydrogens (primary N) is 1. The smallest absolute Gasteiger partial charge is 0.341 e. The van der Waals surface area contributed by atoms with E-state index in [9.17, 15) is 4.79 Å². The normalized spacial score (nSPS) is 10.2. The van der Waals surface area contributed by atoms with Gasteiger partial charge in [0.1, 0.15) is 29.4 Å². The third kappa shape index (κ3) is 3.07. The Kier molecular flexibility index (Phi) is 3.75. The lowest BCUT2D eigenvalue weighted by atomic mass is 10.2. The summed E-state index contributed by atoms with van der Waals surface area (Å²) in [4.78, 5) is 11.4. The molecule has 0 saturated heterocycles. The second kappa shape index (κ2) is 5.48. The molecule has 0 unspecified atom stereocenters. The van der Waals surface area contributed by atoms with E-state index in [1.807, 2.05) is 0 Å². The quantitative estimate of drug-likeness (QED) is 0.676. The zero-order chi connectivity index (χ0) is 13.8. The monoisotopic (exact) mass is 261 g/mol. The van der Waals surface area contributed by atoms with Gasteiger partial charge in [-0.25, -0.2) is 4.79 Å². The van der Waals surface area contributed by atoms with Crippen molar-refractivity contribution in [3.05, 3.63) is 47.4 Å². The Labute approximate surface area is 110 Å². The molecule has 1 aromatic heterocycles. The van der Waals surface area contributed by atoms with Crippen molar-refractivity contribution in [3.63, 3.8) is 0 Å². The zero-order valence-corrected chi connectivity index (χ0v) is 10.8. The standard InChI is InChI=1S/C14H15NO4/c1-9-13(14(16)17-2)7-12(19-9)8-18-11-5-3-4-10(15)6-11/h3-7H,8,15H2,1-2H3. The van der Waals surface area contributed by atoms with Gasteiger partial charge >= 0.3 is 5.97 Å². The summed E-state index contributed by atoms with van der Waals surface area (Å²) < 4.78 is 15.6. The number of hydrogen-bond donors (Lipinski definition) is 1. The van der Waals surface area contributed by atoms with E-state index in [-0.39, 0.29) is 6.61 Å². The molecule has 100 valence electrons. The highest BCUT2D eigenvalue weighted by molar-refractivity contribution is 5.90. The molecule has 0 aliphatic heterocycles. The van der Waals surface area contributed by atoms with Crippen molar-refractivity contribution in [2.45, 2.75) is 13.5 Å². The van der Waals surface area contributed by atoms with Gasteiger partial charge in [0, 0.05) is 11.8 Å². The highest BCUT2D eigenvalue weighted by Gasteiger charge is 2.15. The number of furan rings is 1. The summed E-state index contributed by atoms with van der Waals surface area (Å²) in [6, 6.07) is 8.72. The molecule has 0 radical (unpaired) electrons. The van der Waals surface area contributed by atoms with Crippen molar-refractivity contribution >= 4 is 11.7 Å². The Morgan fingerprint density at radius 1 is 1.37 bits per heavy atom. The third-order valence-corrected chi connectivity index (χ3v) is 2.61. The van der Waals surface area contributed by atoms with Crippen LogP contribution in [0, 0.1) is 6.92 Å². The largest absolute Gasteiger partial charge is 0.486 e. The molecular weight excluding hydrogens is 246 g/mol. The number of esters is 1. The number of methoxy groups -OCH3 is 1. The zero-order valence-electron chi connectivity index (χ0n) is 10.8. The minimum atomic E-state index is -0.420. The Bertz CT molecular complexity index is 589. The molecule has 5 heteroatoms. The number of anilines is 1. The fraction of sp³-hybridized carbons (Fsp3) is 0.214. The highest BCUT2D eigenvalue weighted by Crippen LogP contribution is 2.19. The van der Waals surface area contributed by atoms with Crippen molar-refractivity contribution in [1.82, 2.24) is 0 Å². The van der Waals surface area contributed by atoms with Gasteiger partial charge in [-0.3, -0.25) is 0 Å². The Morgan fingerprint density at radius 3 is 2.84 bits per heavy atom. The molecule has 0 saturated carbocycles. The van der Waals surface area contributed by atoms with Gasteiger partial charge in [-0.2, -0.15) is 0 Å². The highest BCUT2D eigenvalue weighted by atomic mass is 16.5. The van der Waals surface area contributed by atoms with E-state index in [1.165, 1.54) is 7.11 Å². The van der Waals surface area contributed by atoms with Gasteiger partial charge in [-0.05, 0) is 25.1 Å². The van der Waals surface area contributed by atoms with Crippen LogP contribution >= 0.6 is 0 Å². The van der Waals surface area contributed by atoms with Crippen molar-refractivity contribution in [1.29, 1.82) is 0 Å². The lowest BCUT2D eigenvalue weighted by molar-refractivity contribution is 0.0599. The number of carbonyl (C=O) groups is 1. The topological polar surface area (TPSA) is 74.7 Å². The van der Waals surface area contributed by atoms with E-state index in [2.05, 4.69) is 4.74 Å². The van der Waals surface area contributed by atoms with Crippen LogP contribution in [-0.4, -0.2) is 13.1 Å². The predicted molar refractivity (Wildman–Crippen MR) is 70.0 cm³/mol. The first kappa shape index (κ1) is 13.0. The molecule has 0 aliphatic carbocycles. The van der Waals surface area contributed by atoms with E-state index in [0.29, 0.717) is 28.5 Å². The number of aryl methyl sites for hydroxylation is 1. The molecule has 2 aromatic rings. The minimum Gasteiger partial charge on any atom is -0.486 e. The summed E-state index contributed by atoms with van der Waals surface area (Å²) in [6.07, 6.45) is 0. The third-order valence-electron chi connectivity index (χ3n) is 2.61. The van der Waals surface area contributed by atoms with Gasteiger partial charge in [0.05, 0.1) is 7.11 Å². The van der Waals surface area contributed by atoms with Gasteiger partial charge in [0.2, 0.25) is 0 Å². The number of carbonyl (C=O) groups excluding carboxylic acids is 1. The molecule has 0 bridgehead atoms. The molecule has 0 spiro atoms. The molecule has 0 atom stereocenters. The lowest BCUT2D eigenvalue weighted by Gasteiger charge is -2.04. The summed E-state index contributed by atoms with van der Waals surface area (Å²) >= 11 is 0. The fourth-order valence-electron chi connectivity index (χ4n) is 1.69. The van der Waals surface area contributed by atoms with E-state index in [1.54, 1.807) is 37.3 Å². The SMILES string of the molecule is COC(=O)c1cc(COc2cccc(N)c2)oc1C. The molecule has 1 heterocycles. The Hall–Kier alpha value is -2.43. The van der Waals surface area contributed by atoms with Crippen LogP contribution in [0.5, 0.6) is 5.75 Å². The average molecular weight is 261 g/mol.